The van der Waals surface area contributed by atoms with Crippen molar-refractivity contribution in [3.63, 3.8) is 0 Å². The Kier molecular flexibility index (Phi) is 5.93. The molecule has 0 fully saturated rings. The molecule has 31 heavy (non-hydrogen) atoms. The van der Waals surface area contributed by atoms with Crippen LogP contribution in [0.2, 0.25) is 0 Å². The van der Waals surface area contributed by atoms with Crippen LogP contribution >= 0.6 is 0 Å². The van der Waals surface area contributed by atoms with Gasteiger partial charge in [0.25, 0.3) is 5.91 Å². The number of hydrogen-bond acceptors (Lipinski definition) is 4. The average molecular weight is 414 g/mol. The Morgan fingerprint density at radius 3 is 2.39 bits per heavy atom. The molecular formula is C24H22N4O3. The molecule has 0 aliphatic rings. The Morgan fingerprint density at radius 1 is 1.00 bits per heavy atom. The van der Waals surface area contributed by atoms with Gasteiger partial charge in [0.1, 0.15) is 0 Å². The van der Waals surface area contributed by atoms with Gasteiger partial charge in [0.15, 0.2) is 5.76 Å². The van der Waals surface area contributed by atoms with Crippen LogP contribution in [0.4, 0.5) is 0 Å². The average Bonchev–Trinajstić information content (AvgIpc) is 3.49. The van der Waals surface area contributed by atoms with E-state index in [1.807, 2.05) is 71.5 Å². The van der Waals surface area contributed by atoms with Crippen molar-refractivity contribution in [2.45, 2.75) is 6.54 Å². The summed E-state index contributed by atoms with van der Waals surface area (Å²) in [5, 5.41) is 7.35. The van der Waals surface area contributed by atoms with Crippen molar-refractivity contribution in [3.8, 4) is 16.9 Å². The number of amides is 2. The zero-order valence-corrected chi connectivity index (χ0v) is 17.1. The molecule has 0 saturated heterocycles. The van der Waals surface area contributed by atoms with Gasteiger partial charge in [-0.05, 0) is 24.3 Å². The van der Waals surface area contributed by atoms with Crippen LogP contribution < -0.4 is 5.32 Å². The van der Waals surface area contributed by atoms with Crippen molar-refractivity contribution < 1.29 is 14.0 Å². The largest absolute Gasteiger partial charge is 0.459 e. The minimum atomic E-state index is -0.423. The predicted molar refractivity (Wildman–Crippen MR) is 117 cm³/mol. The van der Waals surface area contributed by atoms with Crippen LogP contribution in [-0.4, -0.2) is 40.1 Å². The second kappa shape index (κ2) is 9.13. The number of nitrogens with zero attached hydrogens (tertiary/aromatic N) is 3. The lowest BCUT2D eigenvalue weighted by Gasteiger charge is -2.17. The summed E-state index contributed by atoms with van der Waals surface area (Å²) in [4.78, 5) is 26.2. The minimum absolute atomic E-state index is 0.122. The molecule has 0 radical (unpaired) electrons. The Hall–Kier alpha value is -4.13. The number of furan rings is 1. The molecule has 7 nitrogen and oxygen atoms in total. The van der Waals surface area contributed by atoms with Gasteiger partial charge in [0, 0.05) is 30.9 Å². The highest BCUT2D eigenvalue weighted by Gasteiger charge is 2.18. The lowest BCUT2D eigenvalue weighted by atomic mass is 10.1. The van der Waals surface area contributed by atoms with E-state index in [2.05, 4.69) is 5.32 Å². The minimum Gasteiger partial charge on any atom is -0.459 e. The second-order valence-electron chi connectivity index (χ2n) is 7.06. The van der Waals surface area contributed by atoms with E-state index >= 15 is 0 Å². The number of hydrogen-bond donors (Lipinski definition) is 1. The monoisotopic (exact) mass is 414 g/mol. The molecule has 0 unspecified atom stereocenters. The van der Waals surface area contributed by atoms with E-state index in [9.17, 15) is 9.59 Å². The summed E-state index contributed by atoms with van der Waals surface area (Å²) in [6.45, 7) is 0.232. The van der Waals surface area contributed by atoms with Crippen molar-refractivity contribution in [2.75, 3.05) is 13.6 Å². The van der Waals surface area contributed by atoms with Gasteiger partial charge in [-0.3, -0.25) is 9.59 Å². The fourth-order valence-corrected chi connectivity index (χ4v) is 3.21. The summed E-state index contributed by atoms with van der Waals surface area (Å²) in [5.74, 6) is -0.467. The van der Waals surface area contributed by atoms with Crippen LogP contribution in [0, 0.1) is 0 Å². The van der Waals surface area contributed by atoms with Crippen LogP contribution in [0.1, 0.15) is 16.1 Å². The summed E-state index contributed by atoms with van der Waals surface area (Å²) < 4.78 is 6.86. The van der Waals surface area contributed by atoms with Gasteiger partial charge >= 0.3 is 0 Å². The molecule has 0 aliphatic heterocycles. The molecule has 2 amide bonds. The molecule has 0 bridgehead atoms. The third kappa shape index (κ3) is 4.72. The Morgan fingerprint density at radius 2 is 1.71 bits per heavy atom. The summed E-state index contributed by atoms with van der Waals surface area (Å²) in [6, 6.07) is 22.8. The topological polar surface area (TPSA) is 80.4 Å². The predicted octanol–water partition coefficient (Wildman–Crippen LogP) is 3.52. The van der Waals surface area contributed by atoms with Gasteiger partial charge in [-0.15, -0.1) is 0 Å². The first-order chi connectivity index (χ1) is 15.1. The molecule has 1 N–H and O–H groups in total. The van der Waals surface area contributed by atoms with Crippen LogP contribution in [0.25, 0.3) is 16.9 Å². The number of likely N-dealkylation sites (N-methyl/N-ethyl adjacent to an activating group) is 1. The van der Waals surface area contributed by atoms with E-state index in [-0.39, 0.29) is 18.2 Å². The Bertz CT molecular complexity index is 1150. The molecule has 4 rings (SSSR count). The van der Waals surface area contributed by atoms with E-state index in [1.54, 1.807) is 24.1 Å². The summed E-state index contributed by atoms with van der Waals surface area (Å²) in [5.41, 5.74) is 3.62. The normalized spacial score (nSPS) is 10.6. The fraction of sp³-hybridized carbons (Fsp3) is 0.125. The highest BCUT2D eigenvalue weighted by Crippen LogP contribution is 2.24. The lowest BCUT2D eigenvalue weighted by molar-refractivity contribution is -0.129. The first-order valence-corrected chi connectivity index (χ1v) is 9.87. The van der Waals surface area contributed by atoms with Gasteiger partial charge in [-0.1, -0.05) is 48.5 Å². The second-order valence-corrected chi connectivity index (χ2v) is 7.06. The summed E-state index contributed by atoms with van der Waals surface area (Å²) in [6.07, 6.45) is 3.35. The SMILES string of the molecule is CN(Cc1cn(-c2ccccc2)nc1-c1ccccc1)C(=O)CNC(=O)c1ccco1. The van der Waals surface area contributed by atoms with E-state index in [4.69, 9.17) is 9.52 Å². The van der Waals surface area contributed by atoms with Gasteiger partial charge in [-0.2, -0.15) is 5.10 Å². The van der Waals surface area contributed by atoms with E-state index in [1.165, 1.54) is 6.26 Å². The summed E-state index contributed by atoms with van der Waals surface area (Å²) in [7, 11) is 1.70. The first kappa shape index (κ1) is 20.2. The number of para-hydroxylation sites is 1. The van der Waals surface area contributed by atoms with Crippen molar-refractivity contribution in [1.29, 1.82) is 0 Å². The van der Waals surface area contributed by atoms with Gasteiger partial charge in [0.05, 0.1) is 24.2 Å². The van der Waals surface area contributed by atoms with E-state index < -0.39 is 5.91 Å². The first-order valence-electron chi connectivity index (χ1n) is 9.87. The highest BCUT2D eigenvalue weighted by atomic mass is 16.3. The number of carbonyl (C=O) groups excluding carboxylic acids is 2. The molecule has 2 aromatic carbocycles. The van der Waals surface area contributed by atoms with Gasteiger partial charge in [0.2, 0.25) is 5.91 Å². The maximum atomic E-state index is 12.6. The zero-order valence-electron chi connectivity index (χ0n) is 17.1. The van der Waals surface area contributed by atoms with Crippen LogP contribution in [0.3, 0.4) is 0 Å². The molecule has 7 heteroatoms. The van der Waals surface area contributed by atoms with Crippen molar-refractivity contribution in [1.82, 2.24) is 20.0 Å². The molecule has 0 atom stereocenters. The van der Waals surface area contributed by atoms with Crippen molar-refractivity contribution in [2.24, 2.45) is 0 Å². The van der Waals surface area contributed by atoms with Crippen LogP contribution in [0.5, 0.6) is 0 Å². The molecular weight excluding hydrogens is 392 g/mol. The van der Waals surface area contributed by atoms with Crippen LogP contribution in [0.15, 0.2) is 89.7 Å². The molecule has 4 aromatic rings. The fourth-order valence-electron chi connectivity index (χ4n) is 3.21. The lowest BCUT2D eigenvalue weighted by Crippen LogP contribution is -2.37. The van der Waals surface area contributed by atoms with Crippen LogP contribution in [-0.2, 0) is 11.3 Å². The molecule has 0 saturated carbocycles. The van der Waals surface area contributed by atoms with Crippen molar-refractivity contribution in [3.05, 3.63) is 96.6 Å². The maximum absolute atomic E-state index is 12.6. The number of nitrogens with one attached hydrogen (secondary N) is 1. The van der Waals surface area contributed by atoms with E-state index in [0.29, 0.717) is 6.54 Å². The number of carbonyl (C=O) groups is 2. The molecule has 2 heterocycles. The third-order valence-electron chi connectivity index (χ3n) is 4.84. The molecule has 0 spiro atoms. The quantitative estimate of drug-likeness (QED) is 0.502. The maximum Gasteiger partial charge on any atom is 0.287 e. The third-order valence-corrected chi connectivity index (χ3v) is 4.84. The Balaban J connectivity index is 1.51. The van der Waals surface area contributed by atoms with Gasteiger partial charge < -0.3 is 14.6 Å². The standard InChI is InChI=1S/C24H22N4O3/c1-27(22(29)15-25-24(30)21-13-8-14-31-21)16-19-17-28(20-11-6-3-7-12-20)26-23(19)18-9-4-2-5-10-18/h2-14,17H,15-16H2,1H3,(H,25,30). The molecule has 2 aromatic heterocycles. The summed E-state index contributed by atoms with van der Waals surface area (Å²) >= 11 is 0. The Labute approximate surface area is 179 Å². The van der Waals surface area contributed by atoms with E-state index in [0.717, 1.165) is 22.5 Å². The van der Waals surface area contributed by atoms with Crippen molar-refractivity contribution >= 4 is 11.8 Å². The van der Waals surface area contributed by atoms with Gasteiger partial charge in [-0.25, -0.2) is 4.68 Å². The number of benzene rings is 2. The highest BCUT2D eigenvalue weighted by molar-refractivity contribution is 5.94. The molecule has 156 valence electrons. The zero-order chi connectivity index (χ0) is 21.6. The number of rotatable bonds is 7. The smallest absolute Gasteiger partial charge is 0.287 e. The number of aromatic nitrogens is 2. The molecule has 0 aliphatic carbocycles.